The second kappa shape index (κ2) is 17.7. The fourth-order valence-corrected chi connectivity index (χ4v) is 14.5. The number of para-hydroxylation sites is 2. The Morgan fingerprint density at radius 3 is 1.45 bits per heavy atom. The van der Waals surface area contributed by atoms with E-state index < -0.39 is 0 Å². The highest BCUT2D eigenvalue weighted by Gasteiger charge is 2.49. The van der Waals surface area contributed by atoms with Crippen molar-refractivity contribution in [3.63, 3.8) is 0 Å². The summed E-state index contributed by atoms with van der Waals surface area (Å²) in [6, 6.07) is 74.4. The molecule has 9 aromatic carbocycles. The summed E-state index contributed by atoms with van der Waals surface area (Å²) >= 11 is 0. The van der Waals surface area contributed by atoms with E-state index in [2.05, 4.69) is 292 Å². The molecule has 0 bridgehead atoms. The van der Waals surface area contributed by atoms with Gasteiger partial charge in [-0.05, 0) is 186 Å². The summed E-state index contributed by atoms with van der Waals surface area (Å²) in [7, 11) is 0. The van der Waals surface area contributed by atoms with E-state index in [1.165, 1.54) is 107 Å². The molecule has 0 aromatic heterocycles. The summed E-state index contributed by atoms with van der Waals surface area (Å²) in [6.45, 7) is 29.1. The van der Waals surface area contributed by atoms with Crippen LogP contribution in [0.1, 0.15) is 129 Å². The summed E-state index contributed by atoms with van der Waals surface area (Å²) < 4.78 is 0. The first-order valence-corrected chi connectivity index (χ1v) is 28.6. The lowest BCUT2D eigenvalue weighted by Gasteiger charge is -2.47. The highest BCUT2D eigenvalue weighted by Crippen LogP contribution is 2.56. The topological polar surface area (TPSA) is 9.72 Å². The Bertz CT molecular complexity index is 3790. The molecule has 0 unspecified atom stereocenters. The summed E-state index contributed by atoms with van der Waals surface area (Å²) in [5.41, 5.74) is 28.0. The van der Waals surface area contributed by atoms with Crippen molar-refractivity contribution in [3.8, 4) is 22.3 Å². The third-order valence-electron chi connectivity index (χ3n) is 18.5. The Labute approximate surface area is 465 Å². The first-order chi connectivity index (χ1) is 37.2. The number of aryl methyl sites for hydroxylation is 1. The zero-order valence-corrected chi connectivity index (χ0v) is 48.0. The minimum atomic E-state index is -0.0840. The zero-order chi connectivity index (χ0) is 54.3. The average molecular weight is 1020 g/mol. The molecule has 0 saturated carbocycles. The lowest BCUT2D eigenvalue weighted by molar-refractivity contribution is 0.332. The van der Waals surface area contributed by atoms with Crippen LogP contribution >= 0.6 is 0 Å². The molecule has 4 aliphatic rings. The lowest BCUT2D eigenvalue weighted by atomic mass is 9.33. The highest BCUT2D eigenvalue weighted by atomic mass is 15.2. The maximum absolute atomic E-state index is 2.74. The summed E-state index contributed by atoms with van der Waals surface area (Å²) in [4.78, 5) is 7.87. The molecular formula is C74H74BN3. The minimum Gasteiger partial charge on any atom is -0.311 e. The molecule has 13 rings (SSSR count). The molecule has 0 N–H and O–H groups in total. The fourth-order valence-electron chi connectivity index (χ4n) is 14.5. The fraction of sp³-hybridized carbons (Fsp3) is 0.270. The minimum absolute atomic E-state index is 0.00767. The number of hydrogen-bond donors (Lipinski definition) is 0. The highest BCUT2D eigenvalue weighted by molar-refractivity contribution is 7.00. The van der Waals surface area contributed by atoms with Crippen molar-refractivity contribution in [3.05, 3.63) is 228 Å². The first-order valence-electron chi connectivity index (χ1n) is 28.6. The molecule has 3 nitrogen and oxygen atoms in total. The van der Waals surface area contributed by atoms with Gasteiger partial charge in [-0.25, -0.2) is 0 Å². The summed E-state index contributed by atoms with van der Waals surface area (Å²) in [5.74, 6) is 0. The predicted octanol–water partition coefficient (Wildman–Crippen LogP) is 18.5. The number of anilines is 9. The van der Waals surface area contributed by atoms with Crippen LogP contribution in [0.15, 0.2) is 194 Å². The van der Waals surface area contributed by atoms with Crippen LogP contribution in [-0.2, 0) is 27.1 Å². The van der Waals surface area contributed by atoms with E-state index in [0.29, 0.717) is 0 Å². The van der Waals surface area contributed by atoms with Gasteiger partial charge in [-0.1, -0.05) is 204 Å². The van der Waals surface area contributed by atoms with Gasteiger partial charge < -0.3 is 14.7 Å². The second-order valence-electron chi connectivity index (χ2n) is 26.8. The summed E-state index contributed by atoms with van der Waals surface area (Å²) in [5, 5.41) is 0. The summed E-state index contributed by atoms with van der Waals surface area (Å²) in [6.07, 6.45) is 3.40. The van der Waals surface area contributed by atoms with Crippen LogP contribution in [0, 0.1) is 6.92 Å². The predicted molar refractivity (Wildman–Crippen MR) is 335 cm³/mol. The van der Waals surface area contributed by atoms with Gasteiger partial charge in [0.15, 0.2) is 0 Å². The maximum Gasteiger partial charge on any atom is 0.252 e. The van der Waals surface area contributed by atoms with Crippen molar-refractivity contribution in [2.45, 2.75) is 129 Å². The van der Waals surface area contributed by atoms with Crippen LogP contribution in [0.5, 0.6) is 0 Å². The number of hydrogen-bond acceptors (Lipinski definition) is 3. The van der Waals surface area contributed by atoms with Gasteiger partial charge >= 0.3 is 0 Å². The van der Waals surface area contributed by atoms with Crippen LogP contribution < -0.4 is 31.1 Å². The molecule has 2 heterocycles. The molecule has 0 saturated heterocycles. The first kappa shape index (κ1) is 50.0. The zero-order valence-electron chi connectivity index (χ0n) is 48.0. The van der Waals surface area contributed by atoms with E-state index in [1.54, 1.807) is 0 Å². The van der Waals surface area contributed by atoms with Crippen LogP contribution in [0.2, 0.25) is 0 Å². The van der Waals surface area contributed by atoms with Gasteiger partial charge in [-0.3, -0.25) is 0 Å². The van der Waals surface area contributed by atoms with Crippen molar-refractivity contribution in [1.29, 1.82) is 0 Å². The number of benzene rings is 9. The largest absolute Gasteiger partial charge is 0.311 e. The van der Waals surface area contributed by atoms with Crippen molar-refractivity contribution in [1.82, 2.24) is 0 Å². The van der Waals surface area contributed by atoms with Gasteiger partial charge in [0.2, 0.25) is 0 Å². The SMILES string of the molecule is Cc1cc2c(cc1N1c3cc4c(cc3B3c5cc(-c6ccccc6)ccc5N(c5ccc(C(C)(C)C)cc5-c5ccccc5)c5cc(N(c6ccccc6)c6ccccc6)cc1c53)C(C)(C)CC4(C)C)C(C)(C)CCC2(C)C. The van der Waals surface area contributed by atoms with Gasteiger partial charge in [0.05, 0.1) is 11.4 Å². The Morgan fingerprint density at radius 1 is 0.397 bits per heavy atom. The molecule has 9 aromatic rings. The molecule has 388 valence electrons. The van der Waals surface area contributed by atoms with Gasteiger partial charge in [0.1, 0.15) is 0 Å². The van der Waals surface area contributed by atoms with E-state index in [1.807, 2.05) is 0 Å². The Morgan fingerprint density at radius 2 is 0.872 bits per heavy atom. The Kier molecular flexibility index (Phi) is 11.4. The second-order valence-corrected chi connectivity index (χ2v) is 26.8. The standard InChI is InChI=1S/C74H74BN3/c1-48-39-57-59(72(7,8)38-37-71(57,5)6)45-65(48)78-66-46-60-58(73(9,10)47-74(60,11)12)44-62(66)75-61-40-51(49-25-17-13-18-26-49)33-35-64(61)77(63-36-34-52(70(2,3)4)41-56(63)50-27-19-14-20-28-50)67-42-55(43-68(78)69(67)75)76(53-29-21-15-22-30-53)54-31-23-16-24-32-54/h13-36,39-46H,37-38,47H2,1-12H3. The smallest absolute Gasteiger partial charge is 0.252 e. The van der Waals surface area contributed by atoms with E-state index in [-0.39, 0.29) is 33.8 Å². The molecule has 0 radical (unpaired) electrons. The van der Waals surface area contributed by atoms with Gasteiger partial charge in [0.25, 0.3) is 6.71 Å². The molecule has 0 fully saturated rings. The van der Waals surface area contributed by atoms with E-state index in [0.717, 1.165) is 35.6 Å². The van der Waals surface area contributed by atoms with Crippen molar-refractivity contribution < 1.29 is 0 Å². The van der Waals surface area contributed by atoms with Crippen LogP contribution in [0.25, 0.3) is 22.3 Å². The third-order valence-corrected chi connectivity index (χ3v) is 18.5. The van der Waals surface area contributed by atoms with Crippen molar-refractivity contribution >= 4 is 74.3 Å². The number of rotatable bonds is 7. The Hall–Kier alpha value is -7.56. The average Bonchev–Trinajstić information content (AvgIpc) is 3.19. The van der Waals surface area contributed by atoms with E-state index >= 15 is 0 Å². The molecule has 2 aliphatic heterocycles. The Balaban J connectivity index is 1.21. The van der Waals surface area contributed by atoms with Crippen LogP contribution in [0.4, 0.5) is 51.2 Å². The van der Waals surface area contributed by atoms with Gasteiger partial charge in [0, 0.05) is 45.4 Å². The van der Waals surface area contributed by atoms with Crippen LogP contribution in [-0.4, -0.2) is 6.71 Å². The normalized spacial score (nSPS) is 16.9. The quantitative estimate of drug-likeness (QED) is 0.147. The molecule has 2 aliphatic carbocycles. The molecular weight excluding hydrogens is 942 g/mol. The van der Waals surface area contributed by atoms with E-state index in [4.69, 9.17) is 0 Å². The van der Waals surface area contributed by atoms with Gasteiger partial charge in [-0.15, -0.1) is 0 Å². The van der Waals surface area contributed by atoms with Crippen molar-refractivity contribution in [2.75, 3.05) is 14.7 Å². The number of fused-ring (bicyclic) bond motifs is 6. The molecule has 0 atom stereocenters. The lowest BCUT2D eigenvalue weighted by Crippen LogP contribution is -2.61. The molecule has 78 heavy (non-hydrogen) atoms. The maximum atomic E-state index is 2.74. The third kappa shape index (κ3) is 7.99. The number of nitrogens with zero attached hydrogens (tertiary/aromatic N) is 3. The van der Waals surface area contributed by atoms with Crippen LogP contribution in [0.3, 0.4) is 0 Å². The van der Waals surface area contributed by atoms with Gasteiger partial charge in [-0.2, -0.15) is 0 Å². The monoisotopic (exact) mass is 1020 g/mol. The van der Waals surface area contributed by atoms with E-state index in [9.17, 15) is 0 Å². The molecule has 4 heteroatoms. The molecule has 0 amide bonds. The molecule has 0 spiro atoms. The van der Waals surface area contributed by atoms with Crippen molar-refractivity contribution in [2.24, 2.45) is 0 Å².